The third-order valence-corrected chi connectivity index (χ3v) is 5.30. The van der Waals surface area contributed by atoms with Gasteiger partial charge in [-0.3, -0.25) is 0 Å². The molecule has 1 heterocycles. The van der Waals surface area contributed by atoms with Crippen LogP contribution in [0.1, 0.15) is 5.56 Å². The topological polar surface area (TPSA) is 35.3 Å². The first-order valence-corrected chi connectivity index (χ1v) is 10.2. The van der Waals surface area contributed by atoms with Crippen molar-refractivity contribution in [2.75, 3.05) is 12.9 Å². The molecule has 4 heteroatoms. The van der Waals surface area contributed by atoms with E-state index in [0.29, 0.717) is 5.22 Å². The van der Waals surface area contributed by atoms with Gasteiger partial charge in [-0.1, -0.05) is 84.6 Å². The van der Waals surface area contributed by atoms with Crippen molar-refractivity contribution >= 4 is 11.8 Å². The van der Waals surface area contributed by atoms with Crippen molar-refractivity contribution in [1.29, 1.82) is 0 Å². The van der Waals surface area contributed by atoms with Crippen LogP contribution in [0.15, 0.2) is 94.6 Å². The molecule has 0 bridgehead atoms. The maximum absolute atomic E-state index is 6.16. The molecular weight excluding hydrogens is 366 g/mol. The average Bonchev–Trinajstić information content (AvgIpc) is 3.20. The number of hydrogen-bond donors (Lipinski definition) is 0. The number of aromatic nitrogens is 1. The number of oxazole rings is 1. The molecule has 0 fully saturated rings. The zero-order chi connectivity index (χ0) is 19.2. The van der Waals surface area contributed by atoms with Gasteiger partial charge in [-0.05, 0) is 24.1 Å². The maximum Gasteiger partial charge on any atom is 0.256 e. The zero-order valence-electron chi connectivity index (χ0n) is 15.7. The normalized spacial score (nSPS) is 10.8. The third-order valence-electron chi connectivity index (χ3n) is 4.47. The number of ether oxygens (including phenoxy) is 1. The molecule has 0 saturated carbocycles. The molecule has 4 aromatic rings. The number of methoxy groups -OCH3 is 1. The van der Waals surface area contributed by atoms with Gasteiger partial charge in [-0.15, -0.1) is 0 Å². The average molecular weight is 388 g/mol. The molecule has 0 unspecified atom stereocenters. The van der Waals surface area contributed by atoms with Crippen LogP contribution in [0.25, 0.3) is 22.6 Å². The van der Waals surface area contributed by atoms with E-state index < -0.39 is 0 Å². The van der Waals surface area contributed by atoms with Gasteiger partial charge in [0.1, 0.15) is 11.4 Å². The van der Waals surface area contributed by atoms with Crippen LogP contribution >= 0.6 is 11.8 Å². The van der Waals surface area contributed by atoms with Crippen LogP contribution in [0.2, 0.25) is 0 Å². The van der Waals surface area contributed by atoms with Gasteiger partial charge in [-0.2, -0.15) is 0 Å². The van der Waals surface area contributed by atoms with E-state index in [0.717, 1.165) is 40.5 Å². The molecule has 3 aromatic carbocycles. The molecule has 4 rings (SSSR count). The lowest BCUT2D eigenvalue weighted by atomic mass is 10.1. The van der Waals surface area contributed by atoms with Gasteiger partial charge >= 0.3 is 0 Å². The molecule has 0 aliphatic heterocycles. The minimum Gasteiger partial charge on any atom is -0.497 e. The summed E-state index contributed by atoms with van der Waals surface area (Å²) in [5, 5.41) is 0.700. The highest BCUT2D eigenvalue weighted by Gasteiger charge is 2.17. The Morgan fingerprint density at radius 2 is 1.46 bits per heavy atom. The lowest BCUT2D eigenvalue weighted by Gasteiger charge is -2.02. The zero-order valence-corrected chi connectivity index (χ0v) is 16.5. The van der Waals surface area contributed by atoms with E-state index in [1.165, 1.54) is 5.56 Å². The van der Waals surface area contributed by atoms with Crippen LogP contribution in [-0.2, 0) is 6.42 Å². The molecule has 0 saturated heterocycles. The van der Waals surface area contributed by atoms with E-state index in [-0.39, 0.29) is 0 Å². The van der Waals surface area contributed by atoms with Crippen molar-refractivity contribution < 1.29 is 9.15 Å². The fourth-order valence-corrected chi connectivity index (χ4v) is 3.80. The Balaban J connectivity index is 1.53. The molecule has 140 valence electrons. The lowest BCUT2D eigenvalue weighted by molar-refractivity contribution is 0.414. The Morgan fingerprint density at radius 1 is 0.821 bits per heavy atom. The first-order valence-electron chi connectivity index (χ1n) is 9.21. The van der Waals surface area contributed by atoms with E-state index in [2.05, 4.69) is 36.4 Å². The van der Waals surface area contributed by atoms with Crippen molar-refractivity contribution in [1.82, 2.24) is 4.98 Å². The molecule has 0 amide bonds. The first kappa shape index (κ1) is 18.4. The van der Waals surface area contributed by atoms with Crippen LogP contribution in [0.5, 0.6) is 5.75 Å². The van der Waals surface area contributed by atoms with Crippen molar-refractivity contribution in [3.05, 3.63) is 90.5 Å². The summed E-state index contributed by atoms with van der Waals surface area (Å²) in [7, 11) is 1.68. The van der Waals surface area contributed by atoms with Crippen LogP contribution in [0, 0.1) is 0 Å². The van der Waals surface area contributed by atoms with E-state index in [9.17, 15) is 0 Å². The molecule has 3 nitrogen and oxygen atoms in total. The van der Waals surface area contributed by atoms with Crippen molar-refractivity contribution in [3.63, 3.8) is 0 Å². The number of rotatable bonds is 7. The summed E-state index contributed by atoms with van der Waals surface area (Å²) in [5.74, 6) is 2.60. The quantitative estimate of drug-likeness (QED) is 0.346. The summed E-state index contributed by atoms with van der Waals surface area (Å²) in [4.78, 5) is 4.79. The predicted molar refractivity (Wildman–Crippen MR) is 115 cm³/mol. The van der Waals surface area contributed by atoms with Crippen LogP contribution in [-0.4, -0.2) is 17.8 Å². The second-order valence-electron chi connectivity index (χ2n) is 6.34. The Morgan fingerprint density at radius 3 is 2.11 bits per heavy atom. The number of thioether (sulfide) groups is 1. The standard InChI is InChI=1S/C24H21NO2S/c1-26-21-14-12-18(13-15-21)16-17-28-24-25-22(19-8-4-2-5-9-19)23(27-24)20-10-6-3-7-11-20/h2-15H,16-17H2,1H3. The van der Waals surface area contributed by atoms with Crippen molar-refractivity contribution in [3.8, 4) is 28.3 Å². The van der Waals surface area contributed by atoms with E-state index in [1.807, 2.05) is 48.5 Å². The SMILES string of the molecule is COc1ccc(CCSc2nc(-c3ccccc3)c(-c3ccccc3)o2)cc1. The monoisotopic (exact) mass is 387 g/mol. The van der Waals surface area contributed by atoms with Gasteiger partial charge in [0.15, 0.2) is 5.76 Å². The molecule has 0 atom stereocenters. The number of nitrogens with zero attached hydrogens (tertiary/aromatic N) is 1. The molecule has 0 N–H and O–H groups in total. The molecule has 0 aliphatic carbocycles. The summed E-state index contributed by atoms with van der Waals surface area (Å²) in [6.07, 6.45) is 0.943. The molecule has 0 radical (unpaired) electrons. The Labute approximate surface area is 169 Å². The third kappa shape index (κ3) is 4.29. The summed E-state index contributed by atoms with van der Waals surface area (Å²) >= 11 is 1.64. The Bertz CT molecular complexity index is 955. The Hall–Kier alpha value is -2.98. The molecular formula is C24H21NO2S. The minimum atomic E-state index is 0.700. The molecule has 0 spiro atoms. The smallest absolute Gasteiger partial charge is 0.256 e. The predicted octanol–water partition coefficient (Wildman–Crippen LogP) is 6.35. The first-order chi connectivity index (χ1) is 13.8. The highest BCUT2D eigenvalue weighted by Crippen LogP contribution is 2.35. The van der Waals surface area contributed by atoms with Crippen molar-refractivity contribution in [2.45, 2.75) is 11.6 Å². The van der Waals surface area contributed by atoms with Crippen LogP contribution in [0.4, 0.5) is 0 Å². The van der Waals surface area contributed by atoms with Gasteiger partial charge in [0.2, 0.25) is 0 Å². The summed E-state index contributed by atoms with van der Waals surface area (Å²) in [6.45, 7) is 0. The van der Waals surface area contributed by atoms with Crippen LogP contribution in [0.3, 0.4) is 0 Å². The lowest BCUT2D eigenvalue weighted by Crippen LogP contribution is -1.89. The maximum atomic E-state index is 6.16. The molecule has 0 aliphatic rings. The van der Waals surface area contributed by atoms with Crippen molar-refractivity contribution in [2.24, 2.45) is 0 Å². The van der Waals surface area contributed by atoms with Gasteiger partial charge in [0.05, 0.1) is 7.11 Å². The van der Waals surface area contributed by atoms with Gasteiger partial charge < -0.3 is 9.15 Å². The Kier molecular flexibility index (Phi) is 5.78. The van der Waals surface area contributed by atoms with E-state index in [1.54, 1.807) is 18.9 Å². The molecule has 1 aromatic heterocycles. The number of hydrogen-bond acceptors (Lipinski definition) is 4. The summed E-state index contributed by atoms with van der Waals surface area (Å²) in [6, 6.07) is 28.5. The van der Waals surface area contributed by atoms with Crippen LogP contribution < -0.4 is 4.74 Å². The number of aryl methyl sites for hydroxylation is 1. The minimum absolute atomic E-state index is 0.700. The van der Waals surface area contributed by atoms with E-state index in [4.69, 9.17) is 14.1 Å². The summed E-state index contributed by atoms with van der Waals surface area (Å²) in [5.41, 5.74) is 4.26. The number of benzene rings is 3. The largest absolute Gasteiger partial charge is 0.497 e. The van der Waals surface area contributed by atoms with Gasteiger partial charge in [0.25, 0.3) is 5.22 Å². The van der Waals surface area contributed by atoms with E-state index >= 15 is 0 Å². The highest BCUT2D eigenvalue weighted by atomic mass is 32.2. The van der Waals surface area contributed by atoms with Gasteiger partial charge in [-0.25, -0.2) is 4.98 Å². The highest BCUT2D eigenvalue weighted by molar-refractivity contribution is 7.99. The van der Waals surface area contributed by atoms with Gasteiger partial charge in [0, 0.05) is 16.9 Å². The molecule has 28 heavy (non-hydrogen) atoms. The second-order valence-corrected chi connectivity index (χ2v) is 7.38. The summed E-state index contributed by atoms with van der Waals surface area (Å²) < 4.78 is 11.4. The second kappa shape index (κ2) is 8.81. The fourth-order valence-electron chi connectivity index (χ4n) is 2.99. The fraction of sp³-hybridized carbons (Fsp3) is 0.125.